The first-order chi connectivity index (χ1) is 9.86. The van der Waals surface area contributed by atoms with Crippen LogP contribution in [0.25, 0.3) is 16.7 Å². The van der Waals surface area contributed by atoms with Crippen LogP contribution in [0.4, 0.5) is 18.9 Å². The molecule has 0 radical (unpaired) electrons. The average Bonchev–Trinajstić information content (AvgIpc) is 2.77. The molecule has 3 aromatic rings. The Bertz CT molecular complexity index is 824. The Morgan fingerprint density at radius 1 is 1.10 bits per heavy atom. The van der Waals surface area contributed by atoms with E-state index in [0.29, 0.717) is 21.4 Å². The first-order valence-electron chi connectivity index (χ1n) is 5.97. The molecule has 0 amide bonds. The van der Waals surface area contributed by atoms with Gasteiger partial charge in [0.2, 0.25) is 5.82 Å². The van der Waals surface area contributed by atoms with Crippen LogP contribution < -0.4 is 5.73 Å². The molecule has 1 heterocycles. The molecule has 0 bridgehead atoms. The summed E-state index contributed by atoms with van der Waals surface area (Å²) in [6, 6.07) is 11.1. The van der Waals surface area contributed by atoms with Crippen LogP contribution in [0.15, 0.2) is 46.9 Å². The van der Waals surface area contributed by atoms with E-state index in [4.69, 9.17) is 5.73 Å². The number of alkyl halides is 3. The molecular weight excluding hydrogens is 347 g/mol. The second-order valence-corrected chi connectivity index (χ2v) is 5.41. The normalized spacial score (nSPS) is 12.0. The van der Waals surface area contributed by atoms with Crippen LogP contribution >= 0.6 is 15.9 Å². The number of nitrogen functional groups attached to an aromatic ring is 1. The van der Waals surface area contributed by atoms with Crippen molar-refractivity contribution >= 4 is 32.7 Å². The van der Waals surface area contributed by atoms with Crippen LogP contribution in [-0.4, -0.2) is 9.55 Å². The van der Waals surface area contributed by atoms with Gasteiger partial charge >= 0.3 is 6.18 Å². The number of rotatable bonds is 1. The minimum atomic E-state index is -4.56. The van der Waals surface area contributed by atoms with Gasteiger partial charge in [-0.05, 0) is 36.4 Å². The fourth-order valence-electron chi connectivity index (χ4n) is 2.16. The summed E-state index contributed by atoms with van der Waals surface area (Å²) in [6.07, 6.45) is -4.56. The minimum Gasteiger partial charge on any atom is -0.399 e. The van der Waals surface area contributed by atoms with Gasteiger partial charge in [-0.15, -0.1) is 0 Å². The molecule has 7 heteroatoms. The van der Waals surface area contributed by atoms with Gasteiger partial charge in [0.05, 0.1) is 11.0 Å². The highest BCUT2D eigenvalue weighted by Gasteiger charge is 2.38. The third kappa shape index (κ3) is 2.49. The predicted octanol–water partition coefficient (Wildman–Crippen LogP) is 4.39. The standard InChI is InChI=1S/C14H9BrF3N3/c15-8-2-1-3-10(6-8)21-12-5-4-9(19)7-11(12)20-13(21)14(16,17)18/h1-7H,19H2. The third-order valence-electron chi connectivity index (χ3n) is 3.00. The fraction of sp³-hybridized carbons (Fsp3) is 0.0714. The number of hydrogen-bond donors (Lipinski definition) is 1. The van der Waals surface area contributed by atoms with E-state index in [9.17, 15) is 13.2 Å². The Balaban J connectivity index is 2.38. The second kappa shape index (κ2) is 4.77. The number of halogens is 4. The van der Waals surface area contributed by atoms with Crippen molar-refractivity contribution in [2.75, 3.05) is 5.73 Å². The Hall–Kier alpha value is -2.02. The van der Waals surface area contributed by atoms with Gasteiger partial charge in [0.1, 0.15) is 0 Å². The van der Waals surface area contributed by atoms with Gasteiger partial charge < -0.3 is 5.73 Å². The number of anilines is 1. The molecule has 2 N–H and O–H groups in total. The highest BCUT2D eigenvalue weighted by molar-refractivity contribution is 9.10. The van der Waals surface area contributed by atoms with Crippen LogP contribution in [-0.2, 0) is 6.18 Å². The van der Waals surface area contributed by atoms with Gasteiger partial charge in [-0.3, -0.25) is 4.57 Å². The largest absolute Gasteiger partial charge is 0.450 e. The van der Waals surface area contributed by atoms with Crippen LogP contribution in [0, 0.1) is 0 Å². The number of hydrogen-bond acceptors (Lipinski definition) is 2. The molecule has 2 aromatic carbocycles. The molecule has 0 spiro atoms. The van der Waals surface area contributed by atoms with Crippen LogP contribution in [0.1, 0.15) is 5.82 Å². The van der Waals surface area contributed by atoms with Crippen molar-refractivity contribution in [1.29, 1.82) is 0 Å². The molecule has 0 unspecified atom stereocenters. The van der Waals surface area contributed by atoms with Gasteiger partial charge in [-0.1, -0.05) is 22.0 Å². The Labute approximate surface area is 126 Å². The highest BCUT2D eigenvalue weighted by atomic mass is 79.9. The molecule has 0 aliphatic carbocycles. The zero-order chi connectivity index (χ0) is 15.2. The van der Waals surface area contributed by atoms with Gasteiger partial charge in [-0.25, -0.2) is 4.98 Å². The maximum Gasteiger partial charge on any atom is 0.450 e. The molecule has 108 valence electrons. The number of benzene rings is 2. The van der Waals surface area contributed by atoms with E-state index in [1.807, 2.05) is 0 Å². The van der Waals surface area contributed by atoms with Gasteiger partial charge in [0.15, 0.2) is 0 Å². The Morgan fingerprint density at radius 2 is 1.86 bits per heavy atom. The van der Waals surface area contributed by atoms with Crippen molar-refractivity contribution in [3.05, 3.63) is 52.8 Å². The molecule has 0 aliphatic rings. The van der Waals surface area contributed by atoms with Gasteiger partial charge in [0, 0.05) is 15.8 Å². The van der Waals surface area contributed by atoms with E-state index in [0.717, 1.165) is 4.57 Å². The van der Waals surface area contributed by atoms with E-state index in [2.05, 4.69) is 20.9 Å². The van der Waals surface area contributed by atoms with Crippen LogP contribution in [0.2, 0.25) is 0 Å². The first kappa shape index (κ1) is 13.9. The molecular formula is C14H9BrF3N3. The second-order valence-electron chi connectivity index (χ2n) is 4.50. The SMILES string of the molecule is Nc1ccc2c(c1)nc(C(F)(F)F)n2-c1cccc(Br)c1. The van der Waals surface area contributed by atoms with E-state index in [-0.39, 0.29) is 5.52 Å². The smallest absolute Gasteiger partial charge is 0.399 e. The number of nitrogens with two attached hydrogens (primary N) is 1. The summed E-state index contributed by atoms with van der Waals surface area (Å²) in [6.45, 7) is 0. The molecule has 0 saturated heterocycles. The van der Waals surface area contributed by atoms with Crippen LogP contribution in [0.5, 0.6) is 0 Å². The molecule has 0 fully saturated rings. The summed E-state index contributed by atoms with van der Waals surface area (Å²) in [7, 11) is 0. The van der Waals surface area contributed by atoms with E-state index >= 15 is 0 Å². The third-order valence-corrected chi connectivity index (χ3v) is 3.49. The molecule has 0 aliphatic heterocycles. The lowest BCUT2D eigenvalue weighted by molar-refractivity contribution is -0.145. The number of aromatic nitrogens is 2. The summed E-state index contributed by atoms with van der Waals surface area (Å²) in [5.41, 5.74) is 6.93. The Kier molecular flexibility index (Phi) is 3.16. The zero-order valence-corrected chi connectivity index (χ0v) is 12.1. The quantitative estimate of drug-likeness (QED) is 0.658. The van der Waals surface area contributed by atoms with Crippen molar-refractivity contribution in [3.8, 4) is 5.69 Å². The van der Waals surface area contributed by atoms with Crippen LogP contribution in [0.3, 0.4) is 0 Å². The molecule has 1 aromatic heterocycles. The molecule has 21 heavy (non-hydrogen) atoms. The summed E-state index contributed by atoms with van der Waals surface area (Å²) in [4.78, 5) is 3.69. The van der Waals surface area contributed by atoms with E-state index in [1.54, 1.807) is 30.3 Å². The maximum atomic E-state index is 13.2. The Morgan fingerprint density at radius 3 is 2.52 bits per heavy atom. The monoisotopic (exact) mass is 355 g/mol. The topological polar surface area (TPSA) is 43.8 Å². The highest BCUT2D eigenvalue weighted by Crippen LogP contribution is 2.34. The minimum absolute atomic E-state index is 0.210. The zero-order valence-electron chi connectivity index (χ0n) is 10.5. The maximum absolute atomic E-state index is 13.2. The van der Waals surface area contributed by atoms with Crippen molar-refractivity contribution < 1.29 is 13.2 Å². The van der Waals surface area contributed by atoms with E-state index < -0.39 is 12.0 Å². The predicted molar refractivity (Wildman–Crippen MR) is 78.2 cm³/mol. The van der Waals surface area contributed by atoms with Gasteiger partial charge in [-0.2, -0.15) is 13.2 Å². The lowest BCUT2D eigenvalue weighted by atomic mass is 10.2. The summed E-state index contributed by atoms with van der Waals surface area (Å²) in [5.74, 6) is -0.971. The fourth-order valence-corrected chi connectivity index (χ4v) is 2.55. The molecule has 0 atom stereocenters. The van der Waals surface area contributed by atoms with Crippen molar-refractivity contribution in [3.63, 3.8) is 0 Å². The molecule has 0 saturated carbocycles. The van der Waals surface area contributed by atoms with Crippen molar-refractivity contribution in [2.45, 2.75) is 6.18 Å². The number of imidazole rings is 1. The summed E-state index contributed by atoms with van der Waals surface area (Å²) in [5, 5.41) is 0. The lowest BCUT2D eigenvalue weighted by Gasteiger charge is -2.11. The average molecular weight is 356 g/mol. The number of fused-ring (bicyclic) bond motifs is 1. The number of nitrogens with zero attached hydrogens (tertiary/aromatic N) is 2. The van der Waals surface area contributed by atoms with Crippen molar-refractivity contribution in [2.24, 2.45) is 0 Å². The van der Waals surface area contributed by atoms with Gasteiger partial charge in [0.25, 0.3) is 0 Å². The molecule has 3 nitrogen and oxygen atoms in total. The summed E-state index contributed by atoms with van der Waals surface area (Å²) < 4.78 is 41.5. The van der Waals surface area contributed by atoms with E-state index in [1.165, 1.54) is 12.1 Å². The lowest BCUT2D eigenvalue weighted by Crippen LogP contribution is -2.13. The summed E-state index contributed by atoms with van der Waals surface area (Å²) >= 11 is 3.26. The van der Waals surface area contributed by atoms with Crippen molar-refractivity contribution in [1.82, 2.24) is 9.55 Å². The molecule has 3 rings (SSSR count). The first-order valence-corrected chi connectivity index (χ1v) is 6.77.